The zero-order valence-electron chi connectivity index (χ0n) is 7.73. The molecule has 0 aromatic carbocycles. The highest BCUT2D eigenvalue weighted by molar-refractivity contribution is 4.88. The highest BCUT2D eigenvalue weighted by atomic mass is 16.4. The Bertz CT molecular complexity index is 279. The summed E-state index contributed by atoms with van der Waals surface area (Å²) in [5, 5.41) is 7.83. The van der Waals surface area contributed by atoms with Gasteiger partial charge in [-0.2, -0.15) is 0 Å². The summed E-state index contributed by atoms with van der Waals surface area (Å²) >= 11 is 0. The van der Waals surface area contributed by atoms with E-state index in [0.717, 1.165) is 26.1 Å². The van der Waals surface area contributed by atoms with Crippen molar-refractivity contribution in [3.63, 3.8) is 0 Å². The SMILES string of the molecule is CCc1nnc(CN2CC(N)C2)o1. The molecule has 1 aliphatic rings. The van der Waals surface area contributed by atoms with Gasteiger partial charge < -0.3 is 10.2 Å². The van der Waals surface area contributed by atoms with E-state index < -0.39 is 0 Å². The van der Waals surface area contributed by atoms with E-state index in [1.165, 1.54) is 0 Å². The number of likely N-dealkylation sites (tertiary alicyclic amines) is 1. The Morgan fingerprint density at radius 1 is 1.46 bits per heavy atom. The van der Waals surface area contributed by atoms with Gasteiger partial charge in [0.05, 0.1) is 6.54 Å². The molecule has 1 fully saturated rings. The minimum atomic E-state index is 0.327. The molecule has 0 radical (unpaired) electrons. The first-order valence-electron chi connectivity index (χ1n) is 4.57. The standard InChI is InChI=1S/C8H14N4O/c1-2-7-10-11-8(13-7)5-12-3-6(9)4-12/h6H,2-5,9H2,1H3. The molecule has 2 rings (SSSR count). The quantitative estimate of drug-likeness (QED) is 0.699. The van der Waals surface area contributed by atoms with Gasteiger partial charge in [0, 0.05) is 25.6 Å². The average molecular weight is 182 g/mol. The predicted molar refractivity (Wildman–Crippen MR) is 46.9 cm³/mol. The van der Waals surface area contributed by atoms with Crippen molar-refractivity contribution in [3.05, 3.63) is 11.8 Å². The van der Waals surface area contributed by atoms with Gasteiger partial charge in [-0.15, -0.1) is 10.2 Å². The zero-order valence-corrected chi connectivity index (χ0v) is 7.73. The fraction of sp³-hybridized carbons (Fsp3) is 0.750. The highest BCUT2D eigenvalue weighted by Crippen LogP contribution is 2.10. The lowest BCUT2D eigenvalue weighted by molar-refractivity contribution is 0.128. The van der Waals surface area contributed by atoms with Crippen LogP contribution < -0.4 is 5.73 Å². The Balaban J connectivity index is 1.87. The third-order valence-corrected chi connectivity index (χ3v) is 2.16. The van der Waals surface area contributed by atoms with Crippen LogP contribution in [0, 0.1) is 0 Å². The van der Waals surface area contributed by atoms with Gasteiger partial charge in [-0.1, -0.05) is 6.92 Å². The van der Waals surface area contributed by atoms with E-state index in [-0.39, 0.29) is 0 Å². The molecule has 0 unspecified atom stereocenters. The Morgan fingerprint density at radius 3 is 2.69 bits per heavy atom. The topological polar surface area (TPSA) is 68.2 Å². The molecule has 1 saturated heterocycles. The molecule has 0 amide bonds. The van der Waals surface area contributed by atoms with E-state index in [1.807, 2.05) is 6.92 Å². The van der Waals surface area contributed by atoms with Gasteiger partial charge in [0.2, 0.25) is 11.8 Å². The Hall–Kier alpha value is -0.940. The molecule has 0 bridgehead atoms. The van der Waals surface area contributed by atoms with Crippen molar-refractivity contribution in [1.82, 2.24) is 15.1 Å². The van der Waals surface area contributed by atoms with Crippen molar-refractivity contribution < 1.29 is 4.42 Å². The second-order valence-electron chi connectivity index (χ2n) is 3.40. The summed E-state index contributed by atoms with van der Waals surface area (Å²) in [6.45, 7) is 4.60. The van der Waals surface area contributed by atoms with Crippen LogP contribution in [0.5, 0.6) is 0 Å². The predicted octanol–water partition coefficient (Wildman–Crippen LogP) is -0.225. The Morgan fingerprint density at radius 2 is 2.15 bits per heavy atom. The van der Waals surface area contributed by atoms with Crippen LogP contribution in [0.25, 0.3) is 0 Å². The first kappa shape index (κ1) is 8.65. The molecule has 5 heteroatoms. The van der Waals surface area contributed by atoms with Crippen LogP contribution in [0.4, 0.5) is 0 Å². The van der Waals surface area contributed by atoms with Crippen molar-refractivity contribution in [3.8, 4) is 0 Å². The van der Waals surface area contributed by atoms with Gasteiger partial charge in [-0.3, -0.25) is 4.90 Å². The van der Waals surface area contributed by atoms with E-state index in [1.54, 1.807) is 0 Å². The molecule has 2 N–H and O–H groups in total. The normalized spacial score (nSPS) is 18.9. The molecule has 2 heterocycles. The molecule has 1 aromatic rings. The van der Waals surface area contributed by atoms with Crippen LogP contribution in [-0.2, 0) is 13.0 Å². The van der Waals surface area contributed by atoms with Gasteiger partial charge >= 0.3 is 0 Å². The van der Waals surface area contributed by atoms with Crippen LogP contribution in [-0.4, -0.2) is 34.2 Å². The first-order valence-corrected chi connectivity index (χ1v) is 4.57. The lowest BCUT2D eigenvalue weighted by Gasteiger charge is -2.35. The van der Waals surface area contributed by atoms with E-state index in [4.69, 9.17) is 10.2 Å². The molecule has 0 atom stereocenters. The fourth-order valence-electron chi connectivity index (χ4n) is 1.43. The summed E-state index contributed by atoms with van der Waals surface area (Å²) in [5.41, 5.74) is 5.65. The molecule has 13 heavy (non-hydrogen) atoms. The first-order chi connectivity index (χ1) is 6.28. The van der Waals surface area contributed by atoms with Crippen LogP contribution in [0.3, 0.4) is 0 Å². The van der Waals surface area contributed by atoms with E-state index in [2.05, 4.69) is 15.1 Å². The third kappa shape index (κ3) is 1.87. The molecule has 1 aliphatic heterocycles. The van der Waals surface area contributed by atoms with Crippen molar-refractivity contribution in [2.45, 2.75) is 25.9 Å². The maximum atomic E-state index is 5.65. The van der Waals surface area contributed by atoms with Crippen molar-refractivity contribution in [2.24, 2.45) is 5.73 Å². The van der Waals surface area contributed by atoms with Gasteiger partial charge in [0.25, 0.3) is 0 Å². The maximum absolute atomic E-state index is 5.65. The second kappa shape index (κ2) is 3.43. The third-order valence-electron chi connectivity index (χ3n) is 2.16. The summed E-state index contributed by atoms with van der Waals surface area (Å²) in [7, 11) is 0. The summed E-state index contributed by atoms with van der Waals surface area (Å²) in [5.74, 6) is 1.41. The summed E-state index contributed by atoms with van der Waals surface area (Å²) in [6, 6.07) is 0.327. The number of nitrogens with zero attached hydrogens (tertiary/aromatic N) is 3. The van der Waals surface area contributed by atoms with Crippen LogP contribution in [0.1, 0.15) is 18.7 Å². The summed E-state index contributed by atoms with van der Waals surface area (Å²) < 4.78 is 5.37. The largest absolute Gasteiger partial charge is 0.424 e. The number of hydrogen-bond donors (Lipinski definition) is 1. The minimum Gasteiger partial charge on any atom is -0.424 e. The number of nitrogens with two attached hydrogens (primary N) is 1. The summed E-state index contributed by atoms with van der Waals surface area (Å²) in [4.78, 5) is 2.19. The maximum Gasteiger partial charge on any atom is 0.230 e. The van der Waals surface area contributed by atoms with Crippen molar-refractivity contribution in [2.75, 3.05) is 13.1 Å². The van der Waals surface area contributed by atoms with Crippen LogP contribution >= 0.6 is 0 Å². The van der Waals surface area contributed by atoms with E-state index in [0.29, 0.717) is 17.8 Å². The number of aromatic nitrogens is 2. The number of aryl methyl sites for hydroxylation is 1. The second-order valence-corrected chi connectivity index (χ2v) is 3.40. The molecule has 5 nitrogen and oxygen atoms in total. The van der Waals surface area contributed by atoms with E-state index >= 15 is 0 Å². The highest BCUT2D eigenvalue weighted by Gasteiger charge is 2.24. The minimum absolute atomic E-state index is 0.327. The van der Waals surface area contributed by atoms with E-state index in [9.17, 15) is 0 Å². The zero-order chi connectivity index (χ0) is 9.26. The van der Waals surface area contributed by atoms with Gasteiger partial charge in [-0.05, 0) is 0 Å². The molecule has 0 aliphatic carbocycles. The Kier molecular flexibility index (Phi) is 2.28. The number of hydrogen-bond acceptors (Lipinski definition) is 5. The smallest absolute Gasteiger partial charge is 0.230 e. The van der Waals surface area contributed by atoms with Crippen LogP contribution in [0.15, 0.2) is 4.42 Å². The fourth-order valence-corrected chi connectivity index (χ4v) is 1.43. The van der Waals surface area contributed by atoms with Gasteiger partial charge in [0.1, 0.15) is 0 Å². The molecule has 0 spiro atoms. The van der Waals surface area contributed by atoms with Gasteiger partial charge in [0.15, 0.2) is 0 Å². The lowest BCUT2D eigenvalue weighted by Crippen LogP contribution is -2.54. The summed E-state index contributed by atoms with van der Waals surface area (Å²) in [6.07, 6.45) is 0.798. The number of rotatable bonds is 3. The lowest BCUT2D eigenvalue weighted by atomic mass is 10.1. The van der Waals surface area contributed by atoms with Gasteiger partial charge in [-0.25, -0.2) is 0 Å². The molecular formula is C8H14N4O. The van der Waals surface area contributed by atoms with Crippen molar-refractivity contribution >= 4 is 0 Å². The average Bonchev–Trinajstić information content (AvgIpc) is 2.50. The molecule has 72 valence electrons. The molecule has 0 saturated carbocycles. The monoisotopic (exact) mass is 182 g/mol. The molecular weight excluding hydrogens is 168 g/mol. The van der Waals surface area contributed by atoms with Crippen LogP contribution in [0.2, 0.25) is 0 Å². The Labute approximate surface area is 76.9 Å². The van der Waals surface area contributed by atoms with Crippen molar-refractivity contribution in [1.29, 1.82) is 0 Å². The molecule has 1 aromatic heterocycles.